The molecule has 1 aliphatic heterocycles. The van der Waals surface area contributed by atoms with Crippen LogP contribution in [0.4, 0.5) is 5.69 Å². The molecule has 0 aromatic heterocycles. The lowest BCUT2D eigenvalue weighted by molar-refractivity contribution is -0.120. The lowest BCUT2D eigenvalue weighted by atomic mass is 9.97. The summed E-state index contributed by atoms with van der Waals surface area (Å²) in [6.07, 6.45) is 2.64. The average Bonchev–Trinajstić information content (AvgIpc) is 2.57. The highest BCUT2D eigenvalue weighted by Gasteiger charge is 2.30. The number of nitrogens with zero attached hydrogens (tertiary/aromatic N) is 1. The summed E-state index contributed by atoms with van der Waals surface area (Å²) in [4.78, 5) is 12.4. The Labute approximate surface area is 149 Å². The zero-order chi connectivity index (χ0) is 17.7. The van der Waals surface area contributed by atoms with Gasteiger partial charge in [-0.1, -0.05) is 31.0 Å². The smallest absolute Gasteiger partial charge is 0.227 e. The van der Waals surface area contributed by atoms with Crippen LogP contribution in [0.2, 0.25) is 5.02 Å². The number of sulfonamides is 1. The first-order chi connectivity index (χ1) is 11.3. The van der Waals surface area contributed by atoms with Crippen molar-refractivity contribution in [3.05, 3.63) is 28.8 Å². The molecule has 1 amide bonds. The first-order valence-electron chi connectivity index (χ1n) is 8.39. The molecule has 0 bridgehead atoms. The Hall–Kier alpha value is -1.11. The first kappa shape index (κ1) is 19.2. The van der Waals surface area contributed by atoms with Gasteiger partial charge in [-0.3, -0.25) is 4.79 Å². The number of unbranched alkanes of at least 4 members (excludes halogenated alkanes) is 1. The van der Waals surface area contributed by atoms with Gasteiger partial charge in [-0.15, -0.1) is 0 Å². The minimum absolute atomic E-state index is 0.0639. The number of benzene rings is 1. The van der Waals surface area contributed by atoms with Crippen LogP contribution >= 0.6 is 11.6 Å². The molecule has 1 aromatic rings. The van der Waals surface area contributed by atoms with Gasteiger partial charge in [0.15, 0.2) is 0 Å². The molecule has 7 heteroatoms. The zero-order valence-electron chi connectivity index (χ0n) is 14.2. The molecule has 0 unspecified atom stereocenters. The maximum atomic E-state index is 12.4. The number of hydrogen-bond acceptors (Lipinski definition) is 3. The van der Waals surface area contributed by atoms with Crippen LogP contribution in [-0.2, 0) is 14.8 Å². The van der Waals surface area contributed by atoms with Gasteiger partial charge in [0.2, 0.25) is 15.9 Å². The molecule has 1 saturated heterocycles. The molecular weight excluding hydrogens is 348 g/mol. The molecule has 1 aromatic carbocycles. The molecular formula is C17H25ClN2O3S. The summed E-state index contributed by atoms with van der Waals surface area (Å²) >= 11 is 6.07. The summed E-state index contributed by atoms with van der Waals surface area (Å²) < 4.78 is 25.9. The molecule has 1 heterocycles. The van der Waals surface area contributed by atoms with Crippen molar-refractivity contribution in [2.24, 2.45) is 5.92 Å². The minimum Gasteiger partial charge on any atom is -0.326 e. The van der Waals surface area contributed by atoms with E-state index in [2.05, 4.69) is 5.32 Å². The molecule has 0 radical (unpaired) electrons. The quantitative estimate of drug-likeness (QED) is 0.831. The summed E-state index contributed by atoms with van der Waals surface area (Å²) in [5, 5.41) is 3.53. The maximum absolute atomic E-state index is 12.4. The lowest BCUT2D eigenvalue weighted by Gasteiger charge is -2.30. The predicted octanol–water partition coefficient (Wildman–Crippen LogP) is 3.43. The van der Waals surface area contributed by atoms with E-state index in [1.165, 1.54) is 4.31 Å². The van der Waals surface area contributed by atoms with Crippen molar-refractivity contribution < 1.29 is 13.2 Å². The van der Waals surface area contributed by atoms with Gasteiger partial charge in [-0.25, -0.2) is 12.7 Å². The van der Waals surface area contributed by atoms with Gasteiger partial charge in [0.1, 0.15) is 0 Å². The van der Waals surface area contributed by atoms with Crippen LogP contribution in [0.15, 0.2) is 18.2 Å². The number of halogens is 1. The van der Waals surface area contributed by atoms with E-state index in [1.54, 1.807) is 12.1 Å². The van der Waals surface area contributed by atoms with E-state index < -0.39 is 10.0 Å². The van der Waals surface area contributed by atoms with Gasteiger partial charge in [0.25, 0.3) is 0 Å². The Morgan fingerprint density at radius 3 is 2.62 bits per heavy atom. The Kier molecular flexibility index (Phi) is 6.66. The Morgan fingerprint density at radius 2 is 2.00 bits per heavy atom. The fourth-order valence-electron chi connectivity index (χ4n) is 2.83. The number of hydrogen-bond donors (Lipinski definition) is 1. The highest BCUT2D eigenvalue weighted by molar-refractivity contribution is 7.89. The summed E-state index contributed by atoms with van der Waals surface area (Å²) in [6.45, 7) is 4.67. The summed E-state index contributed by atoms with van der Waals surface area (Å²) in [6, 6.07) is 5.41. The Bertz CT molecular complexity index is 683. The van der Waals surface area contributed by atoms with E-state index >= 15 is 0 Å². The third-order valence-electron chi connectivity index (χ3n) is 4.50. The fraction of sp³-hybridized carbons (Fsp3) is 0.588. The molecule has 1 fully saturated rings. The normalized spacial score (nSPS) is 17.0. The number of rotatable bonds is 6. The van der Waals surface area contributed by atoms with E-state index in [1.807, 2.05) is 19.9 Å². The molecule has 1 N–H and O–H groups in total. The summed E-state index contributed by atoms with van der Waals surface area (Å²) in [5.74, 6) is -0.0331. The highest BCUT2D eigenvalue weighted by Crippen LogP contribution is 2.26. The second-order valence-electron chi connectivity index (χ2n) is 6.24. The average molecular weight is 373 g/mol. The third-order valence-corrected chi connectivity index (χ3v) is 6.87. The van der Waals surface area contributed by atoms with Crippen molar-refractivity contribution in [1.29, 1.82) is 0 Å². The van der Waals surface area contributed by atoms with Crippen molar-refractivity contribution in [3.63, 3.8) is 0 Å². The summed E-state index contributed by atoms with van der Waals surface area (Å²) in [7, 11) is -3.18. The molecule has 0 saturated carbocycles. The first-order valence-corrected chi connectivity index (χ1v) is 10.4. The van der Waals surface area contributed by atoms with Gasteiger partial charge in [0.05, 0.1) is 5.75 Å². The van der Waals surface area contributed by atoms with Crippen LogP contribution in [0.3, 0.4) is 0 Å². The molecule has 0 atom stereocenters. The van der Waals surface area contributed by atoms with Crippen LogP contribution in [0.5, 0.6) is 0 Å². The van der Waals surface area contributed by atoms with Crippen molar-refractivity contribution in [3.8, 4) is 0 Å². The number of anilines is 1. The van der Waals surface area contributed by atoms with Crippen molar-refractivity contribution in [1.82, 2.24) is 4.31 Å². The SMILES string of the molecule is CCCCS(=O)(=O)N1CCC(C(=O)Nc2cccc(Cl)c2C)CC1. The van der Waals surface area contributed by atoms with Gasteiger partial charge in [-0.05, 0) is 43.9 Å². The second kappa shape index (κ2) is 8.32. The van der Waals surface area contributed by atoms with E-state index in [0.717, 1.165) is 12.0 Å². The molecule has 24 heavy (non-hydrogen) atoms. The summed E-state index contributed by atoms with van der Waals surface area (Å²) in [5.41, 5.74) is 1.55. The number of amides is 1. The van der Waals surface area contributed by atoms with Crippen molar-refractivity contribution in [2.75, 3.05) is 24.2 Å². The van der Waals surface area contributed by atoms with Gasteiger partial charge in [-0.2, -0.15) is 0 Å². The fourth-order valence-corrected chi connectivity index (χ4v) is 4.68. The van der Waals surface area contributed by atoms with Gasteiger partial charge < -0.3 is 5.32 Å². The van der Waals surface area contributed by atoms with Gasteiger partial charge >= 0.3 is 0 Å². The largest absolute Gasteiger partial charge is 0.326 e. The highest BCUT2D eigenvalue weighted by atomic mass is 35.5. The van der Waals surface area contributed by atoms with Crippen molar-refractivity contribution >= 4 is 33.2 Å². The minimum atomic E-state index is -3.18. The van der Waals surface area contributed by atoms with Crippen LogP contribution < -0.4 is 5.32 Å². The van der Waals surface area contributed by atoms with E-state index in [-0.39, 0.29) is 17.6 Å². The van der Waals surface area contributed by atoms with Crippen LogP contribution in [0, 0.1) is 12.8 Å². The number of piperidine rings is 1. The van der Waals surface area contributed by atoms with E-state index in [0.29, 0.717) is 43.1 Å². The molecule has 5 nitrogen and oxygen atoms in total. The van der Waals surface area contributed by atoms with Crippen LogP contribution in [0.25, 0.3) is 0 Å². The van der Waals surface area contributed by atoms with E-state index in [9.17, 15) is 13.2 Å². The standard InChI is InChI=1S/C17H25ClN2O3S/c1-3-4-12-24(22,23)20-10-8-14(9-11-20)17(21)19-16-7-5-6-15(18)13(16)2/h5-7,14H,3-4,8-12H2,1-2H3,(H,19,21). The monoisotopic (exact) mass is 372 g/mol. The lowest BCUT2D eigenvalue weighted by Crippen LogP contribution is -2.42. The van der Waals surface area contributed by atoms with E-state index in [4.69, 9.17) is 11.6 Å². The predicted molar refractivity (Wildman–Crippen MR) is 97.8 cm³/mol. The Morgan fingerprint density at radius 1 is 1.33 bits per heavy atom. The van der Waals surface area contributed by atoms with Crippen LogP contribution in [0.1, 0.15) is 38.2 Å². The zero-order valence-corrected chi connectivity index (χ0v) is 15.8. The molecule has 0 spiro atoms. The molecule has 0 aliphatic carbocycles. The number of nitrogens with one attached hydrogen (secondary N) is 1. The topological polar surface area (TPSA) is 66.5 Å². The van der Waals surface area contributed by atoms with Gasteiger partial charge in [0, 0.05) is 29.7 Å². The second-order valence-corrected chi connectivity index (χ2v) is 8.74. The molecule has 2 rings (SSSR count). The maximum Gasteiger partial charge on any atom is 0.227 e. The molecule has 1 aliphatic rings. The Balaban J connectivity index is 1.92. The molecule has 134 valence electrons. The number of carbonyl (C=O) groups excluding carboxylic acids is 1. The number of carbonyl (C=O) groups is 1. The van der Waals surface area contributed by atoms with Crippen molar-refractivity contribution in [2.45, 2.75) is 39.5 Å². The van der Waals surface area contributed by atoms with Crippen LogP contribution in [-0.4, -0.2) is 37.5 Å². The third kappa shape index (κ3) is 4.71.